The molecular weight excluding hydrogens is 563 g/mol. The van der Waals surface area contributed by atoms with Crippen molar-refractivity contribution in [1.29, 1.82) is 0 Å². The fraction of sp³-hybridized carbons (Fsp3) is 0.268. The lowest BCUT2D eigenvalue weighted by molar-refractivity contribution is -0.137. The summed E-state index contributed by atoms with van der Waals surface area (Å²) in [4.78, 5) is 0. The van der Waals surface area contributed by atoms with Crippen LogP contribution in [0.25, 0.3) is 27.5 Å². The molecule has 0 aliphatic rings. The fourth-order valence-electron chi connectivity index (χ4n) is 7.68. The second-order valence-corrected chi connectivity index (χ2v) is 12.2. The molecule has 1 nitrogen and oxygen atoms in total. The standard InChI is InChI=1S/C41H40F3N/c1-5-39(6-2,29-15-11-9-12-16-29)32-21-25-37-35(27-32)36-28-33(40(7-3,8-4)30-17-13-10-14-18-30)22-26-38(36)45(37)34-23-19-31(20-24-34)41(42,43)44/h9-28H,5-8H2,1-4H3. The Bertz CT molecular complexity index is 1800. The predicted octanol–water partition coefficient (Wildman–Crippen LogP) is 12.0. The van der Waals surface area contributed by atoms with Crippen LogP contribution in [-0.4, -0.2) is 4.57 Å². The molecule has 6 rings (SSSR count). The van der Waals surface area contributed by atoms with E-state index in [2.05, 4.69) is 129 Å². The maximum atomic E-state index is 13.5. The summed E-state index contributed by atoms with van der Waals surface area (Å²) in [5.74, 6) is 0. The lowest BCUT2D eigenvalue weighted by atomic mass is 9.70. The fourth-order valence-corrected chi connectivity index (χ4v) is 7.68. The molecule has 1 heterocycles. The molecule has 0 unspecified atom stereocenters. The molecule has 0 atom stereocenters. The van der Waals surface area contributed by atoms with Gasteiger partial charge in [0, 0.05) is 27.3 Å². The van der Waals surface area contributed by atoms with E-state index in [0.717, 1.165) is 47.5 Å². The molecule has 0 spiro atoms. The number of nitrogens with zero attached hydrogens (tertiary/aromatic N) is 1. The first-order valence-electron chi connectivity index (χ1n) is 16.1. The summed E-state index contributed by atoms with van der Waals surface area (Å²) in [7, 11) is 0. The zero-order chi connectivity index (χ0) is 31.8. The SMILES string of the molecule is CCC(CC)(c1ccccc1)c1ccc2c(c1)c1cc(C(CC)(CC)c3ccccc3)ccc1n2-c1ccc(C(F)(F)F)cc1. The van der Waals surface area contributed by atoms with Crippen molar-refractivity contribution in [1.82, 2.24) is 4.57 Å². The van der Waals surface area contributed by atoms with Gasteiger partial charge in [-0.3, -0.25) is 0 Å². The van der Waals surface area contributed by atoms with E-state index in [1.807, 2.05) is 0 Å². The molecule has 0 saturated carbocycles. The van der Waals surface area contributed by atoms with Crippen molar-refractivity contribution in [2.45, 2.75) is 70.4 Å². The smallest absolute Gasteiger partial charge is 0.309 e. The number of halogens is 3. The van der Waals surface area contributed by atoms with Crippen LogP contribution in [0.3, 0.4) is 0 Å². The third-order valence-electron chi connectivity index (χ3n) is 10.4. The van der Waals surface area contributed by atoms with Crippen LogP contribution < -0.4 is 0 Å². The highest BCUT2D eigenvalue weighted by Gasteiger charge is 2.34. The monoisotopic (exact) mass is 603 g/mol. The van der Waals surface area contributed by atoms with E-state index in [4.69, 9.17) is 0 Å². The van der Waals surface area contributed by atoms with Crippen LogP contribution in [0.4, 0.5) is 13.2 Å². The first kappa shape index (κ1) is 30.7. The first-order chi connectivity index (χ1) is 21.7. The molecule has 45 heavy (non-hydrogen) atoms. The van der Waals surface area contributed by atoms with Gasteiger partial charge in [0.25, 0.3) is 0 Å². The summed E-state index contributed by atoms with van der Waals surface area (Å²) in [6.07, 6.45) is -0.588. The van der Waals surface area contributed by atoms with Gasteiger partial charge in [-0.15, -0.1) is 0 Å². The summed E-state index contributed by atoms with van der Waals surface area (Å²) >= 11 is 0. The van der Waals surface area contributed by atoms with Crippen LogP contribution in [0.1, 0.15) is 81.2 Å². The Morgan fingerprint density at radius 3 is 1.18 bits per heavy atom. The molecule has 0 saturated heterocycles. The van der Waals surface area contributed by atoms with E-state index in [-0.39, 0.29) is 10.8 Å². The average molecular weight is 604 g/mol. The Morgan fingerprint density at radius 1 is 0.444 bits per heavy atom. The molecular formula is C41H40F3N. The Morgan fingerprint density at radius 2 is 0.822 bits per heavy atom. The van der Waals surface area contributed by atoms with Gasteiger partial charge in [0.05, 0.1) is 16.6 Å². The molecule has 0 bridgehead atoms. The molecule has 0 aliphatic carbocycles. The van der Waals surface area contributed by atoms with Crippen molar-refractivity contribution < 1.29 is 13.2 Å². The van der Waals surface area contributed by atoms with Crippen molar-refractivity contribution in [3.05, 3.63) is 149 Å². The van der Waals surface area contributed by atoms with Gasteiger partial charge in [0.1, 0.15) is 0 Å². The van der Waals surface area contributed by atoms with Crippen LogP contribution in [-0.2, 0) is 17.0 Å². The highest BCUT2D eigenvalue weighted by molar-refractivity contribution is 6.10. The average Bonchev–Trinajstić information content (AvgIpc) is 3.40. The number of hydrogen-bond acceptors (Lipinski definition) is 0. The Kier molecular flexibility index (Phi) is 8.11. The number of alkyl halides is 3. The van der Waals surface area contributed by atoms with Gasteiger partial charge in [-0.2, -0.15) is 13.2 Å². The van der Waals surface area contributed by atoms with Gasteiger partial charge in [0.2, 0.25) is 0 Å². The van der Waals surface area contributed by atoms with Crippen molar-refractivity contribution in [2.75, 3.05) is 0 Å². The van der Waals surface area contributed by atoms with Crippen LogP contribution in [0, 0.1) is 0 Å². The number of fused-ring (bicyclic) bond motifs is 3. The second-order valence-electron chi connectivity index (χ2n) is 12.2. The van der Waals surface area contributed by atoms with Gasteiger partial charge < -0.3 is 4.57 Å². The molecule has 0 aliphatic heterocycles. The van der Waals surface area contributed by atoms with Gasteiger partial charge in [-0.05, 0) is 96.5 Å². The van der Waals surface area contributed by atoms with E-state index in [9.17, 15) is 13.2 Å². The van der Waals surface area contributed by atoms with Crippen LogP contribution in [0.5, 0.6) is 0 Å². The number of aromatic nitrogens is 1. The maximum Gasteiger partial charge on any atom is 0.416 e. The van der Waals surface area contributed by atoms with Crippen molar-refractivity contribution in [3.8, 4) is 5.69 Å². The van der Waals surface area contributed by atoms with E-state index in [0.29, 0.717) is 5.69 Å². The molecule has 4 heteroatoms. The van der Waals surface area contributed by atoms with Gasteiger partial charge >= 0.3 is 6.18 Å². The Labute approximate surface area is 264 Å². The second kappa shape index (κ2) is 11.9. The highest BCUT2D eigenvalue weighted by Crippen LogP contribution is 2.45. The molecule has 0 fully saturated rings. The van der Waals surface area contributed by atoms with Crippen molar-refractivity contribution in [3.63, 3.8) is 0 Å². The van der Waals surface area contributed by atoms with Crippen LogP contribution >= 0.6 is 0 Å². The minimum Gasteiger partial charge on any atom is -0.309 e. The molecule has 0 amide bonds. The predicted molar refractivity (Wildman–Crippen MR) is 181 cm³/mol. The Balaban J connectivity index is 1.65. The van der Waals surface area contributed by atoms with Gasteiger partial charge in [-0.1, -0.05) is 100 Å². The zero-order valence-electron chi connectivity index (χ0n) is 26.5. The number of benzene rings is 5. The third kappa shape index (κ3) is 5.05. The molecule has 6 aromatic rings. The number of hydrogen-bond donors (Lipinski definition) is 0. The topological polar surface area (TPSA) is 4.93 Å². The lowest BCUT2D eigenvalue weighted by Crippen LogP contribution is -2.26. The summed E-state index contributed by atoms with van der Waals surface area (Å²) in [6, 6.07) is 40.4. The largest absolute Gasteiger partial charge is 0.416 e. The molecule has 0 radical (unpaired) electrons. The highest BCUT2D eigenvalue weighted by atomic mass is 19.4. The summed E-state index contributed by atoms with van der Waals surface area (Å²) in [5, 5.41) is 2.22. The normalized spacial score (nSPS) is 12.7. The summed E-state index contributed by atoms with van der Waals surface area (Å²) in [5.41, 5.74) is 6.82. The van der Waals surface area contributed by atoms with Crippen LogP contribution in [0.2, 0.25) is 0 Å². The van der Waals surface area contributed by atoms with Gasteiger partial charge in [-0.25, -0.2) is 0 Å². The molecule has 230 valence electrons. The van der Waals surface area contributed by atoms with Crippen molar-refractivity contribution in [2.24, 2.45) is 0 Å². The maximum absolute atomic E-state index is 13.5. The molecule has 1 aromatic heterocycles. The van der Waals surface area contributed by atoms with E-state index >= 15 is 0 Å². The minimum atomic E-state index is -4.38. The summed E-state index contributed by atoms with van der Waals surface area (Å²) < 4.78 is 42.6. The van der Waals surface area contributed by atoms with Crippen LogP contribution in [0.15, 0.2) is 121 Å². The quantitative estimate of drug-likeness (QED) is 0.155. The molecule has 5 aromatic carbocycles. The zero-order valence-corrected chi connectivity index (χ0v) is 26.5. The third-order valence-corrected chi connectivity index (χ3v) is 10.4. The van der Waals surface area contributed by atoms with Crippen molar-refractivity contribution >= 4 is 21.8 Å². The summed E-state index contributed by atoms with van der Waals surface area (Å²) in [6.45, 7) is 9.00. The van der Waals surface area contributed by atoms with E-state index < -0.39 is 11.7 Å². The number of rotatable bonds is 9. The van der Waals surface area contributed by atoms with E-state index in [1.165, 1.54) is 34.4 Å². The first-order valence-corrected chi connectivity index (χ1v) is 16.1. The Hall–Kier alpha value is -4.31. The van der Waals surface area contributed by atoms with E-state index in [1.54, 1.807) is 12.1 Å². The minimum absolute atomic E-state index is 0.156. The van der Waals surface area contributed by atoms with Gasteiger partial charge in [0.15, 0.2) is 0 Å². The molecule has 0 N–H and O–H groups in total. The lowest BCUT2D eigenvalue weighted by Gasteiger charge is -2.33.